The van der Waals surface area contributed by atoms with E-state index < -0.39 is 0 Å². The van der Waals surface area contributed by atoms with E-state index in [-0.39, 0.29) is 11.9 Å². The number of carbonyl (C=O) groups excluding carboxylic acids is 1. The fourth-order valence-corrected chi connectivity index (χ4v) is 2.87. The van der Waals surface area contributed by atoms with E-state index >= 15 is 0 Å². The van der Waals surface area contributed by atoms with E-state index in [0.29, 0.717) is 18.9 Å². The third-order valence-electron chi connectivity index (χ3n) is 4.28. The number of aromatic nitrogens is 2. The molecule has 2 atom stereocenters. The van der Waals surface area contributed by atoms with Gasteiger partial charge in [-0.3, -0.25) is 4.79 Å². The summed E-state index contributed by atoms with van der Waals surface area (Å²) in [5, 5.41) is 6.48. The van der Waals surface area contributed by atoms with Crippen molar-refractivity contribution in [1.29, 1.82) is 0 Å². The van der Waals surface area contributed by atoms with Gasteiger partial charge in [-0.1, -0.05) is 19.1 Å². The normalized spacial score (nSPS) is 22.3. The number of hydrogen-bond donors (Lipinski definition) is 2. The van der Waals surface area contributed by atoms with E-state index in [4.69, 9.17) is 0 Å². The quantitative estimate of drug-likeness (QED) is 0.896. The molecule has 1 aliphatic heterocycles. The van der Waals surface area contributed by atoms with Gasteiger partial charge in [-0.2, -0.15) is 0 Å². The second kappa shape index (κ2) is 6.26. The molecule has 0 saturated carbocycles. The van der Waals surface area contributed by atoms with E-state index in [0.717, 1.165) is 30.5 Å². The minimum absolute atomic E-state index is 0.119. The van der Waals surface area contributed by atoms with Crippen molar-refractivity contribution in [3.63, 3.8) is 0 Å². The van der Waals surface area contributed by atoms with Gasteiger partial charge in [0.2, 0.25) is 5.91 Å². The molecular formula is C16H22N4O. The number of piperidine rings is 1. The molecule has 2 heterocycles. The highest BCUT2D eigenvalue weighted by Crippen LogP contribution is 2.13. The van der Waals surface area contributed by atoms with Crippen LogP contribution in [0.15, 0.2) is 30.6 Å². The molecule has 2 unspecified atom stereocenters. The summed E-state index contributed by atoms with van der Waals surface area (Å²) in [4.78, 5) is 16.5. The van der Waals surface area contributed by atoms with E-state index in [1.165, 1.54) is 0 Å². The zero-order chi connectivity index (χ0) is 14.7. The van der Waals surface area contributed by atoms with E-state index in [2.05, 4.69) is 22.5 Å². The molecule has 2 aromatic rings. The van der Waals surface area contributed by atoms with Gasteiger partial charge in [0.15, 0.2) is 0 Å². The van der Waals surface area contributed by atoms with Gasteiger partial charge in [0.05, 0.1) is 17.4 Å². The van der Waals surface area contributed by atoms with Crippen LogP contribution < -0.4 is 10.6 Å². The van der Waals surface area contributed by atoms with Crippen LogP contribution in [0.5, 0.6) is 0 Å². The van der Waals surface area contributed by atoms with Crippen LogP contribution in [0.2, 0.25) is 0 Å². The molecule has 1 saturated heterocycles. The Hall–Kier alpha value is -1.88. The Morgan fingerprint density at radius 3 is 3.19 bits per heavy atom. The summed E-state index contributed by atoms with van der Waals surface area (Å²) < 4.78 is 2.04. The van der Waals surface area contributed by atoms with Gasteiger partial charge in [0.1, 0.15) is 0 Å². The summed E-state index contributed by atoms with van der Waals surface area (Å²) in [6, 6.07) is 8.25. The number of carbonyl (C=O) groups is 1. The Labute approximate surface area is 124 Å². The topological polar surface area (TPSA) is 58.9 Å². The Morgan fingerprint density at radius 2 is 2.33 bits per heavy atom. The van der Waals surface area contributed by atoms with Crippen molar-refractivity contribution in [3.05, 3.63) is 30.6 Å². The van der Waals surface area contributed by atoms with Gasteiger partial charge in [0.25, 0.3) is 0 Å². The predicted molar refractivity (Wildman–Crippen MR) is 82.9 cm³/mol. The maximum absolute atomic E-state index is 12.1. The lowest BCUT2D eigenvalue weighted by Gasteiger charge is -2.30. The summed E-state index contributed by atoms with van der Waals surface area (Å²) in [7, 11) is 0. The first-order valence-electron chi connectivity index (χ1n) is 7.64. The molecule has 21 heavy (non-hydrogen) atoms. The van der Waals surface area contributed by atoms with Gasteiger partial charge in [0, 0.05) is 25.6 Å². The monoisotopic (exact) mass is 286 g/mol. The molecule has 0 aliphatic carbocycles. The van der Waals surface area contributed by atoms with Crippen molar-refractivity contribution in [1.82, 2.24) is 20.2 Å². The third kappa shape index (κ3) is 3.24. The minimum Gasteiger partial charge on any atom is -0.352 e. The molecule has 112 valence electrons. The van der Waals surface area contributed by atoms with Crippen molar-refractivity contribution < 1.29 is 4.79 Å². The largest absolute Gasteiger partial charge is 0.352 e. The van der Waals surface area contributed by atoms with E-state index in [9.17, 15) is 4.79 Å². The number of nitrogens with zero attached hydrogens (tertiary/aromatic N) is 2. The van der Waals surface area contributed by atoms with Gasteiger partial charge in [-0.05, 0) is 31.0 Å². The lowest BCUT2D eigenvalue weighted by Crippen LogP contribution is -2.50. The molecule has 2 N–H and O–H groups in total. The summed E-state index contributed by atoms with van der Waals surface area (Å²) in [6.45, 7) is 4.80. The minimum atomic E-state index is 0.119. The molecule has 5 nitrogen and oxygen atoms in total. The fraction of sp³-hybridized carbons (Fsp3) is 0.500. The number of para-hydroxylation sites is 2. The summed E-state index contributed by atoms with van der Waals surface area (Å²) >= 11 is 0. The Kier molecular flexibility index (Phi) is 4.20. The molecule has 1 amide bonds. The average Bonchev–Trinajstić information content (AvgIpc) is 2.91. The van der Waals surface area contributed by atoms with E-state index in [1.54, 1.807) is 0 Å². The second-order valence-electron chi connectivity index (χ2n) is 5.82. The molecule has 0 radical (unpaired) electrons. The number of aryl methyl sites for hydroxylation is 1. The molecule has 5 heteroatoms. The smallest absolute Gasteiger partial charge is 0.222 e. The number of imidazole rings is 1. The zero-order valence-corrected chi connectivity index (χ0v) is 12.4. The van der Waals surface area contributed by atoms with Crippen LogP contribution in [-0.2, 0) is 11.3 Å². The highest BCUT2D eigenvalue weighted by molar-refractivity contribution is 5.77. The highest BCUT2D eigenvalue weighted by atomic mass is 16.1. The lowest BCUT2D eigenvalue weighted by molar-refractivity contribution is -0.122. The summed E-state index contributed by atoms with van der Waals surface area (Å²) in [5.41, 5.74) is 2.06. The van der Waals surface area contributed by atoms with Crippen LogP contribution in [0.25, 0.3) is 11.0 Å². The molecule has 1 fully saturated rings. The summed E-state index contributed by atoms with van der Waals surface area (Å²) in [6.07, 6.45) is 3.42. The first-order chi connectivity index (χ1) is 10.2. The summed E-state index contributed by atoms with van der Waals surface area (Å²) in [5.74, 6) is 0.664. The molecule has 1 aliphatic rings. The van der Waals surface area contributed by atoms with Gasteiger partial charge in [-0.15, -0.1) is 0 Å². The maximum atomic E-state index is 12.1. The first-order valence-corrected chi connectivity index (χ1v) is 7.64. The Morgan fingerprint density at radius 1 is 1.48 bits per heavy atom. The number of rotatable bonds is 4. The van der Waals surface area contributed by atoms with Crippen molar-refractivity contribution in [2.24, 2.45) is 5.92 Å². The number of amides is 1. The number of fused-ring (bicyclic) bond motifs is 1. The number of hydrogen-bond acceptors (Lipinski definition) is 3. The predicted octanol–water partition coefficient (Wildman–Crippen LogP) is 1.54. The molecular weight excluding hydrogens is 264 g/mol. The van der Waals surface area contributed by atoms with Gasteiger partial charge < -0.3 is 15.2 Å². The fourth-order valence-electron chi connectivity index (χ4n) is 2.87. The average molecular weight is 286 g/mol. The van der Waals surface area contributed by atoms with Crippen LogP contribution >= 0.6 is 0 Å². The molecule has 0 bridgehead atoms. The number of nitrogens with one attached hydrogen (secondary N) is 2. The van der Waals surface area contributed by atoms with Crippen molar-refractivity contribution in [3.8, 4) is 0 Å². The van der Waals surface area contributed by atoms with Crippen LogP contribution in [0.1, 0.15) is 19.8 Å². The molecule has 1 aromatic carbocycles. The van der Waals surface area contributed by atoms with Crippen LogP contribution in [0.4, 0.5) is 0 Å². The van der Waals surface area contributed by atoms with Crippen LogP contribution in [0, 0.1) is 5.92 Å². The first kappa shape index (κ1) is 14.1. The Balaban J connectivity index is 1.56. The second-order valence-corrected chi connectivity index (χ2v) is 5.82. The molecule has 1 aromatic heterocycles. The number of benzene rings is 1. The zero-order valence-electron chi connectivity index (χ0n) is 12.4. The highest BCUT2D eigenvalue weighted by Gasteiger charge is 2.22. The molecule has 0 spiro atoms. The van der Waals surface area contributed by atoms with Crippen LogP contribution in [0.3, 0.4) is 0 Å². The maximum Gasteiger partial charge on any atom is 0.222 e. The van der Waals surface area contributed by atoms with Crippen molar-refractivity contribution in [2.45, 2.75) is 32.4 Å². The van der Waals surface area contributed by atoms with Gasteiger partial charge >= 0.3 is 0 Å². The standard InChI is InChI=1S/C16H22N4O/c1-12-6-8-17-10-14(12)19-16(21)7-9-20-11-18-13-4-2-3-5-15(13)20/h2-5,11-12,14,17H,6-10H2,1H3,(H,19,21). The molecule has 3 rings (SSSR count). The van der Waals surface area contributed by atoms with Crippen LogP contribution in [-0.4, -0.2) is 34.6 Å². The third-order valence-corrected chi connectivity index (χ3v) is 4.28. The SMILES string of the molecule is CC1CCNCC1NC(=O)CCn1cnc2ccccc21. The van der Waals surface area contributed by atoms with Gasteiger partial charge in [-0.25, -0.2) is 4.98 Å². The van der Waals surface area contributed by atoms with Crippen molar-refractivity contribution in [2.75, 3.05) is 13.1 Å². The van der Waals surface area contributed by atoms with E-state index in [1.807, 2.05) is 35.2 Å². The van der Waals surface area contributed by atoms with Crippen molar-refractivity contribution >= 4 is 16.9 Å². The lowest BCUT2D eigenvalue weighted by atomic mass is 9.95. The Bertz CT molecular complexity index is 622.